The van der Waals surface area contributed by atoms with Crippen molar-refractivity contribution >= 4 is 23.4 Å². The normalized spacial score (nSPS) is 13.3. The van der Waals surface area contributed by atoms with Gasteiger partial charge in [0.1, 0.15) is 11.8 Å². The highest BCUT2D eigenvalue weighted by molar-refractivity contribution is 7.99. The molecule has 0 aromatic heterocycles. The van der Waals surface area contributed by atoms with Gasteiger partial charge in [-0.05, 0) is 43.9 Å². The molecule has 1 aromatic carbocycles. The maximum Gasteiger partial charge on any atom is 0.329 e. The van der Waals surface area contributed by atoms with E-state index in [1.807, 2.05) is 37.4 Å². The Bertz CT molecular complexity index is 422. The van der Waals surface area contributed by atoms with E-state index in [1.165, 1.54) is 0 Å². The smallest absolute Gasteiger partial charge is 0.329 e. The van der Waals surface area contributed by atoms with Gasteiger partial charge in [0.2, 0.25) is 0 Å². The van der Waals surface area contributed by atoms with Crippen molar-refractivity contribution < 1.29 is 14.3 Å². The van der Waals surface area contributed by atoms with Gasteiger partial charge >= 0.3 is 5.97 Å². The molecule has 0 aliphatic rings. The number of nitrogens with one attached hydrogen (secondary N) is 1. The molecule has 1 N–H and O–H groups in total. The monoisotopic (exact) mass is 311 g/mol. The summed E-state index contributed by atoms with van der Waals surface area (Å²) in [7, 11) is 1.63. The number of hydrogen-bond donors (Lipinski definition) is 1. The van der Waals surface area contributed by atoms with Crippen LogP contribution in [0.2, 0.25) is 0 Å². The molecule has 0 fully saturated rings. The molecule has 0 heterocycles. The van der Waals surface area contributed by atoms with E-state index in [0.29, 0.717) is 6.61 Å². The van der Waals surface area contributed by atoms with Crippen LogP contribution in [-0.2, 0) is 9.53 Å². The predicted molar refractivity (Wildman–Crippen MR) is 89.2 cm³/mol. The largest absolute Gasteiger partial charge is 0.497 e. The van der Waals surface area contributed by atoms with Crippen LogP contribution in [0.5, 0.6) is 5.75 Å². The molecule has 5 heteroatoms. The molecule has 0 aliphatic carbocycles. The molecule has 0 saturated heterocycles. The van der Waals surface area contributed by atoms with Gasteiger partial charge in [-0.3, -0.25) is 0 Å². The molecule has 4 nitrogen and oxygen atoms in total. The molecule has 0 radical (unpaired) electrons. The van der Waals surface area contributed by atoms with Gasteiger partial charge in [-0.15, -0.1) is 0 Å². The van der Waals surface area contributed by atoms with Crippen LogP contribution >= 0.6 is 11.8 Å². The van der Waals surface area contributed by atoms with Crippen LogP contribution in [0.1, 0.15) is 26.7 Å². The van der Waals surface area contributed by atoms with E-state index in [0.717, 1.165) is 24.3 Å². The van der Waals surface area contributed by atoms with Crippen molar-refractivity contribution in [3.05, 3.63) is 24.3 Å². The summed E-state index contributed by atoms with van der Waals surface area (Å²) in [4.78, 5) is 12.2. The Labute approximate surface area is 131 Å². The van der Waals surface area contributed by atoms with Gasteiger partial charge in [-0.2, -0.15) is 11.8 Å². The second kappa shape index (κ2) is 9.55. The van der Waals surface area contributed by atoms with Crippen molar-refractivity contribution in [2.75, 3.05) is 25.3 Å². The lowest BCUT2D eigenvalue weighted by atomic mass is 10.1. The van der Waals surface area contributed by atoms with Crippen LogP contribution in [0.15, 0.2) is 24.3 Å². The summed E-state index contributed by atoms with van der Waals surface area (Å²) in [5.41, 5.74) is 0.893. The van der Waals surface area contributed by atoms with Crippen molar-refractivity contribution in [3.63, 3.8) is 0 Å². The summed E-state index contributed by atoms with van der Waals surface area (Å²) >= 11 is 1.70. The Balaban J connectivity index is 2.86. The Morgan fingerprint density at radius 1 is 1.29 bits per heavy atom. The Kier molecular flexibility index (Phi) is 8.05. The molecular weight excluding hydrogens is 286 g/mol. The topological polar surface area (TPSA) is 47.6 Å². The van der Waals surface area contributed by atoms with Crippen LogP contribution in [0.4, 0.5) is 5.69 Å². The third kappa shape index (κ3) is 5.50. The van der Waals surface area contributed by atoms with E-state index < -0.39 is 0 Å². The number of esters is 1. The summed E-state index contributed by atoms with van der Waals surface area (Å²) in [6.07, 6.45) is 4.03. The molecule has 0 bridgehead atoms. The zero-order chi connectivity index (χ0) is 15.7. The van der Waals surface area contributed by atoms with Crippen molar-refractivity contribution in [1.29, 1.82) is 0 Å². The Hall–Kier alpha value is -1.36. The fourth-order valence-corrected chi connectivity index (χ4v) is 3.03. The first kappa shape index (κ1) is 17.7. The number of ether oxygens (including phenoxy) is 2. The number of carbonyl (C=O) groups is 1. The maximum atomic E-state index is 12.2. The molecule has 0 spiro atoms. The minimum absolute atomic E-state index is 0.191. The second-order valence-corrected chi connectivity index (χ2v) is 5.74. The highest BCUT2D eigenvalue weighted by atomic mass is 32.2. The van der Waals surface area contributed by atoms with E-state index in [-0.39, 0.29) is 17.3 Å². The fourth-order valence-electron chi connectivity index (χ4n) is 2.11. The van der Waals surface area contributed by atoms with Crippen LogP contribution < -0.4 is 10.1 Å². The van der Waals surface area contributed by atoms with E-state index in [2.05, 4.69) is 12.2 Å². The zero-order valence-corrected chi connectivity index (χ0v) is 14.0. The zero-order valence-electron chi connectivity index (χ0n) is 13.2. The van der Waals surface area contributed by atoms with E-state index in [1.54, 1.807) is 18.9 Å². The molecule has 0 amide bonds. The average Bonchev–Trinajstić information content (AvgIpc) is 2.51. The summed E-state index contributed by atoms with van der Waals surface area (Å²) in [5, 5.41) is 3.49. The number of rotatable bonds is 9. The fraction of sp³-hybridized carbons (Fsp3) is 0.562. The quantitative estimate of drug-likeness (QED) is 0.706. The first-order valence-corrected chi connectivity index (χ1v) is 8.55. The van der Waals surface area contributed by atoms with Crippen LogP contribution in [0.3, 0.4) is 0 Å². The molecule has 2 atom stereocenters. The second-order valence-electron chi connectivity index (χ2n) is 4.67. The van der Waals surface area contributed by atoms with Gasteiger partial charge in [0.15, 0.2) is 0 Å². The summed E-state index contributed by atoms with van der Waals surface area (Å²) in [6.45, 7) is 4.35. The van der Waals surface area contributed by atoms with E-state index in [4.69, 9.17) is 9.47 Å². The molecule has 1 aromatic rings. The Morgan fingerprint density at radius 2 is 1.95 bits per heavy atom. The van der Waals surface area contributed by atoms with Crippen LogP contribution in [0, 0.1) is 0 Å². The van der Waals surface area contributed by atoms with Gasteiger partial charge in [0.05, 0.1) is 13.7 Å². The van der Waals surface area contributed by atoms with E-state index in [9.17, 15) is 4.79 Å². The SMILES string of the molecule is CCCC(SC)C(Nc1ccc(OC)cc1)C(=O)OCC. The minimum Gasteiger partial charge on any atom is -0.497 e. The number of thioether (sulfide) groups is 1. The van der Waals surface area contributed by atoms with Gasteiger partial charge < -0.3 is 14.8 Å². The average molecular weight is 311 g/mol. The molecule has 1 rings (SSSR count). The maximum absolute atomic E-state index is 12.2. The number of benzene rings is 1. The Morgan fingerprint density at radius 3 is 2.43 bits per heavy atom. The third-order valence-corrected chi connectivity index (χ3v) is 4.31. The minimum atomic E-state index is -0.340. The van der Waals surface area contributed by atoms with Crippen molar-refractivity contribution in [2.24, 2.45) is 0 Å². The number of methoxy groups -OCH3 is 1. The van der Waals surface area contributed by atoms with Crippen molar-refractivity contribution in [2.45, 2.75) is 38.0 Å². The number of anilines is 1. The van der Waals surface area contributed by atoms with Crippen LogP contribution in [-0.4, -0.2) is 37.2 Å². The number of carbonyl (C=O) groups excluding carboxylic acids is 1. The molecule has 118 valence electrons. The summed E-state index contributed by atoms with van der Waals surface area (Å²) in [6, 6.07) is 7.23. The number of hydrogen-bond acceptors (Lipinski definition) is 5. The molecular formula is C16H25NO3S. The third-order valence-electron chi connectivity index (χ3n) is 3.20. The molecule has 0 saturated carbocycles. The van der Waals surface area contributed by atoms with Crippen molar-refractivity contribution in [3.8, 4) is 5.75 Å². The first-order chi connectivity index (χ1) is 10.2. The highest BCUT2D eigenvalue weighted by Crippen LogP contribution is 2.23. The predicted octanol–water partition coefficient (Wildman–Crippen LogP) is 3.57. The van der Waals surface area contributed by atoms with Gasteiger partial charge in [0, 0.05) is 10.9 Å². The lowest BCUT2D eigenvalue weighted by Crippen LogP contribution is -2.40. The van der Waals surface area contributed by atoms with Crippen LogP contribution in [0.25, 0.3) is 0 Å². The lowest BCUT2D eigenvalue weighted by molar-refractivity contribution is -0.144. The standard InChI is InChI=1S/C16H25NO3S/c1-5-7-14(21-4)15(16(18)20-6-2)17-12-8-10-13(19-3)11-9-12/h8-11,14-15,17H,5-7H2,1-4H3. The van der Waals surface area contributed by atoms with Gasteiger partial charge in [-0.25, -0.2) is 4.79 Å². The van der Waals surface area contributed by atoms with Crippen molar-refractivity contribution in [1.82, 2.24) is 0 Å². The van der Waals surface area contributed by atoms with Gasteiger partial charge in [0.25, 0.3) is 0 Å². The highest BCUT2D eigenvalue weighted by Gasteiger charge is 2.28. The summed E-state index contributed by atoms with van der Waals surface area (Å²) in [5.74, 6) is 0.601. The van der Waals surface area contributed by atoms with Gasteiger partial charge in [-0.1, -0.05) is 13.3 Å². The summed E-state index contributed by atoms with van der Waals surface area (Å²) < 4.78 is 10.4. The van der Waals surface area contributed by atoms with E-state index >= 15 is 0 Å². The molecule has 0 aliphatic heterocycles. The lowest BCUT2D eigenvalue weighted by Gasteiger charge is -2.25. The molecule has 21 heavy (non-hydrogen) atoms. The molecule has 2 unspecified atom stereocenters. The first-order valence-electron chi connectivity index (χ1n) is 7.26.